The van der Waals surface area contributed by atoms with Crippen molar-refractivity contribution in [2.45, 2.75) is 64.8 Å². The third kappa shape index (κ3) is 3.12. The largest absolute Gasteiger partial charge is 0.315 e. The second-order valence-electron chi connectivity index (χ2n) is 5.49. The first-order valence-electron chi connectivity index (χ1n) is 7.41. The van der Waals surface area contributed by atoms with Crippen molar-refractivity contribution < 1.29 is 0 Å². The molecule has 0 aliphatic heterocycles. The Hall–Kier alpha value is -0.410. The number of nitrogens with one attached hydrogen (secondary N) is 1. The number of aryl methyl sites for hydroxylation is 1. The van der Waals surface area contributed by atoms with Crippen LogP contribution < -0.4 is 5.32 Å². The van der Waals surface area contributed by atoms with Gasteiger partial charge in [0, 0.05) is 17.3 Å². The van der Waals surface area contributed by atoms with Gasteiger partial charge < -0.3 is 5.32 Å². The highest BCUT2D eigenvalue weighted by atomic mass is 32.1. The van der Waals surface area contributed by atoms with Crippen LogP contribution in [0.2, 0.25) is 0 Å². The van der Waals surface area contributed by atoms with Crippen LogP contribution in [0.4, 0.5) is 0 Å². The van der Waals surface area contributed by atoms with Gasteiger partial charge in [0.25, 0.3) is 0 Å². The van der Waals surface area contributed by atoms with Crippen LogP contribution in [0, 0.1) is 5.92 Å². The third-order valence-corrected chi connectivity index (χ3v) is 5.35. The van der Waals surface area contributed by atoms with Gasteiger partial charge in [-0.2, -0.15) is 0 Å². The zero-order chi connectivity index (χ0) is 13.0. The van der Waals surface area contributed by atoms with Gasteiger partial charge in [0.1, 0.15) is 0 Å². The zero-order valence-electron chi connectivity index (χ0n) is 12.0. The number of aromatic nitrogens is 1. The minimum absolute atomic E-state index is 0.751. The lowest BCUT2D eigenvalue weighted by Crippen LogP contribution is -2.05. The molecular weight excluding hydrogens is 240 g/mol. The van der Waals surface area contributed by atoms with E-state index >= 15 is 0 Å². The van der Waals surface area contributed by atoms with E-state index in [4.69, 9.17) is 4.98 Å². The number of rotatable bonds is 6. The summed E-state index contributed by atoms with van der Waals surface area (Å²) in [7, 11) is 2.03. The van der Waals surface area contributed by atoms with Gasteiger partial charge in [-0.15, -0.1) is 11.3 Å². The maximum atomic E-state index is 4.95. The average molecular weight is 266 g/mol. The highest BCUT2D eigenvalue weighted by molar-refractivity contribution is 7.11. The molecule has 1 aliphatic carbocycles. The summed E-state index contributed by atoms with van der Waals surface area (Å²) in [5.74, 6) is 1.70. The highest BCUT2D eigenvalue weighted by Crippen LogP contribution is 2.41. The zero-order valence-corrected chi connectivity index (χ0v) is 12.8. The Labute approximate surface area is 115 Å². The first-order valence-corrected chi connectivity index (χ1v) is 8.23. The first kappa shape index (κ1) is 14.0. The molecule has 0 saturated heterocycles. The molecule has 2 rings (SSSR count). The molecule has 1 N–H and O–H groups in total. The monoisotopic (exact) mass is 266 g/mol. The summed E-state index contributed by atoms with van der Waals surface area (Å²) in [5.41, 5.74) is 1.35. The summed E-state index contributed by atoms with van der Waals surface area (Å²) in [5, 5.41) is 4.69. The number of nitrogens with zero attached hydrogens (tertiary/aromatic N) is 1. The molecule has 1 aliphatic rings. The fourth-order valence-electron chi connectivity index (χ4n) is 2.98. The van der Waals surface area contributed by atoms with E-state index in [1.54, 1.807) is 0 Å². The van der Waals surface area contributed by atoms with Crippen LogP contribution in [0.25, 0.3) is 0 Å². The summed E-state index contributed by atoms with van der Waals surface area (Å²) in [4.78, 5) is 6.41. The number of thiazole rings is 1. The van der Waals surface area contributed by atoms with E-state index in [9.17, 15) is 0 Å². The van der Waals surface area contributed by atoms with Crippen molar-refractivity contribution in [1.82, 2.24) is 10.3 Å². The Bertz CT molecular complexity index is 349. The SMILES string of the molecule is CCCc1nc(C2CCC(CC)C2)sc1CNC. The molecule has 1 fully saturated rings. The van der Waals surface area contributed by atoms with E-state index < -0.39 is 0 Å². The fraction of sp³-hybridized carbons (Fsp3) is 0.800. The molecule has 0 aromatic carbocycles. The Morgan fingerprint density at radius 3 is 2.78 bits per heavy atom. The van der Waals surface area contributed by atoms with E-state index in [0.29, 0.717) is 0 Å². The van der Waals surface area contributed by atoms with Crippen LogP contribution in [0.5, 0.6) is 0 Å². The Kier molecular flexibility index (Phi) is 5.19. The van der Waals surface area contributed by atoms with E-state index in [-0.39, 0.29) is 0 Å². The van der Waals surface area contributed by atoms with Crippen molar-refractivity contribution in [3.05, 3.63) is 15.6 Å². The van der Waals surface area contributed by atoms with Crippen molar-refractivity contribution in [3.8, 4) is 0 Å². The predicted molar refractivity (Wildman–Crippen MR) is 79.2 cm³/mol. The van der Waals surface area contributed by atoms with Crippen LogP contribution in [0.15, 0.2) is 0 Å². The molecule has 0 spiro atoms. The van der Waals surface area contributed by atoms with Crippen LogP contribution in [0.3, 0.4) is 0 Å². The van der Waals surface area contributed by atoms with Gasteiger partial charge >= 0.3 is 0 Å². The molecule has 18 heavy (non-hydrogen) atoms. The molecule has 1 aromatic heterocycles. The molecule has 1 heterocycles. The highest BCUT2D eigenvalue weighted by Gasteiger charge is 2.27. The summed E-state index contributed by atoms with van der Waals surface area (Å²) in [6.07, 6.45) is 7.81. The van der Waals surface area contributed by atoms with Crippen LogP contribution in [0.1, 0.15) is 67.4 Å². The molecule has 0 amide bonds. The van der Waals surface area contributed by atoms with Crippen LogP contribution in [-0.2, 0) is 13.0 Å². The molecule has 102 valence electrons. The topological polar surface area (TPSA) is 24.9 Å². The first-order chi connectivity index (χ1) is 8.78. The van der Waals surface area contributed by atoms with Gasteiger partial charge in [0.05, 0.1) is 10.7 Å². The molecular formula is C15H26N2S. The van der Waals surface area contributed by atoms with Gasteiger partial charge in [-0.05, 0) is 38.6 Å². The van der Waals surface area contributed by atoms with Crippen molar-refractivity contribution in [2.75, 3.05) is 7.05 Å². The summed E-state index contributed by atoms with van der Waals surface area (Å²) in [6.45, 7) is 5.55. The normalized spacial score (nSPS) is 23.7. The van der Waals surface area contributed by atoms with E-state index in [0.717, 1.165) is 24.8 Å². The third-order valence-electron chi connectivity index (χ3n) is 4.09. The summed E-state index contributed by atoms with van der Waals surface area (Å²) < 4.78 is 0. The van der Waals surface area contributed by atoms with Crippen LogP contribution >= 0.6 is 11.3 Å². The molecule has 1 saturated carbocycles. The van der Waals surface area contributed by atoms with Gasteiger partial charge in [-0.1, -0.05) is 26.7 Å². The van der Waals surface area contributed by atoms with Gasteiger partial charge in [-0.25, -0.2) is 4.98 Å². The number of hydrogen-bond donors (Lipinski definition) is 1. The maximum Gasteiger partial charge on any atom is 0.0962 e. The molecule has 0 bridgehead atoms. The maximum absolute atomic E-state index is 4.95. The van der Waals surface area contributed by atoms with Gasteiger partial charge in [0.15, 0.2) is 0 Å². The minimum atomic E-state index is 0.751. The summed E-state index contributed by atoms with van der Waals surface area (Å²) >= 11 is 1.96. The lowest BCUT2D eigenvalue weighted by atomic mass is 10.0. The minimum Gasteiger partial charge on any atom is -0.315 e. The van der Waals surface area contributed by atoms with Gasteiger partial charge in [-0.3, -0.25) is 0 Å². The molecule has 2 unspecified atom stereocenters. The van der Waals surface area contributed by atoms with Crippen molar-refractivity contribution in [3.63, 3.8) is 0 Å². The van der Waals surface area contributed by atoms with Gasteiger partial charge in [0.2, 0.25) is 0 Å². The molecule has 2 nitrogen and oxygen atoms in total. The quantitative estimate of drug-likeness (QED) is 0.838. The average Bonchev–Trinajstić information content (AvgIpc) is 2.97. The Balaban J connectivity index is 2.11. The Morgan fingerprint density at radius 2 is 2.17 bits per heavy atom. The van der Waals surface area contributed by atoms with E-state index in [1.165, 1.54) is 47.7 Å². The smallest absolute Gasteiger partial charge is 0.0962 e. The van der Waals surface area contributed by atoms with Crippen molar-refractivity contribution in [2.24, 2.45) is 5.92 Å². The molecule has 2 atom stereocenters. The standard InChI is InChI=1S/C15H26N2S/c1-4-6-13-14(10-16-3)18-15(17-13)12-8-7-11(5-2)9-12/h11-12,16H,4-10H2,1-3H3. The fourth-order valence-corrected chi connectivity index (χ4v) is 4.25. The molecule has 3 heteroatoms. The van der Waals surface area contributed by atoms with E-state index in [2.05, 4.69) is 19.2 Å². The van der Waals surface area contributed by atoms with Crippen molar-refractivity contribution >= 4 is 11.3 Å². The lowest BCUT2D eigenvalue weighted by molar-refractivity contribution is 0.520. The predicted octanol–water partition coefficient (Wildman–Crippen LogP) is 4.11. The second-order valence-corrected chi connectivity index (χ2v) is 6.60. The Morgan fingerprint density at radius 1 is 1.33 bits per heavy atom. The molecule has 1 aromatic rings. The second kappa shape index (κ2) is 6.67. The summed E-state index contributed by atoms with van der Waals surface area (Å²) in [6, 6.07) is 0. The molecule has 0 radical (unpaired) electrons. The lowest BCUT2D eigenvalue weighted by Gasteiger charge is -2.06. The van der Waals surface area contributed by atoms with E-state index in [1.807, 2.05) is 18.4 Å². The van der Waals surface area contributed by atoms with Crippen LogP contribution in [-0.4, -0.2) is 12.0 Å². The van der Waals surface area contributed by atoms with Crippen molar-refractivity contribution in [1.29, 1.82) is 0 Å². The number of hydrogen-bond acceptors (Lipinski definition) is 3.